The van der Waals surface area contributed by atoms with Crippen LogP contribution >= 0.6 is 11.6 Å². The lowest BCUT2D eigenvalue weighted by Gasteiger charge is -2.34. The summed E-state index contributed by atoms with van der Waals surface area (Å²) in [5.41, 5.74) is 1.97. The molecule has 8 heteroatoms. The van der Waals surface area contributed by atoms with Gasteiger partial charge in [0, 0.05) is 6.20 Å². The van der Waals surface area contributed by atoms with Crippen LogP contribution < -0.4 is 4.90 Å². The fourth-order valence-corrected chi connectivity index (χ4v) is 5.00. The largest absolute Gasteiger partial charge is 0.467 e. The molecule has 5 rings (SSSR count). The van der Waals surface area contributed by atoms with Crippen molar-refractivity contribution in [3.63, 3.8) is 0 Å². The average Bonchev–Trinajstić information content (AvgIpc) is 3.22. The molecule has 0 N–H and O–H groups in total. The van der Waals surface area contributed by atoms with Gasteiger partial charge in [-0.2, -0.15) is 0 Å². The summed E-state index contributed by atoms with van der Waals surface area (Å²) >= 11 is 5.87. The highest BCUT2D eigenvalue weighted by molar-refractivity contribution is 6.31. The zero-order valence-electron chi connectivity index (χ0n) is 15.8. The highest BCUT2D eigenvalue weighted by atomic mass is 35.5. The Morgan fingerprint density at radius 2 is 1.83 bits per heavy atom. The van der Waals surface area contributed by atoms with Gasteiger partial charge in [0.05, 0.1) is 35.7 Å². The number of hydrogen-bond donors (Lipinski definition) is 0. The van der Waals surface area contributed by atoms with Crippen molar-refractivity contribution in [2.45, 2.75) is 12.1 Å². The van der Waals surface area contributed by atoms with Gasteiger partial charge in [-0.25, -0.2) is 14.1 Å². The van der Waals surface area contributed by atoms with Gasteiger partial charge in [-0.15, -0.1) is 0 Å². The number of methoxy groups -OCH3 is 1. The van der Waals surface area contributed by atoms with Crippen molar-refractivity contribution in [1.82, 2.24) is 4.90 Å². The van der Waals surface area contributed by atoms with Crippen LogP contribution in [0.4, 0.5) is 10.1 Å². The number of anilines is 1. The van der Waals surface area contributed by atoms with Crippen molar-refractivity contribution in [3.8, 4) is 0 Å². The number of ether oxygens (including phenoxy) is 1. The van der Waals surface area contributed by atoms with Crippen LogP contribution in [0.2, 0.25) is 5.02 Å². The van der Waals surface area contributed by atoms with Crippen LogP contribution in [-0.4, -0.2) is 35.8 Å². The quantitative estimate of drug-likeness (QED) is 0.545. The Balaban J connectivity index is 1.65. The first-order chi connectivity index (χ1) is 14.4. The zero-order valence-corrected chi connectivity index (χ0v) is 16.5. The van der Waals surface area contributed by atoms with Crippen molar-refractivity contribution in [3.05, 3.63) is 70.6 Å². The van der Waals surface area contributed by atoms with E-state index in [1.165, 1.54) is 19.2 Å². The van der Waals surface area contributed by atoms with Crippen molar-refractivity contribution in [1.29, 1.82) is 0 Å². The van der Waals surface area contributed by atoms with Gasteiger partial charge in [-0.3, -0.25) is 9.59 Å². The summed E-state index contributed by atoms with van der Waals surface area (Å²) in [6, 6.07) is 9.81. The van der Waals surface area contributed by atoms with E-state index in [1.807, 2.05) is 30.3 Å². The number of amides is 2. The fourth-order valence-electron chi connectivity index (χ4n) is 4.83. The topological polar surface area (TPSA) is 66.9 Å². The molecule has 3 heterocycles. The molecule has 152 valence electrons. The summed E-state index contributed by atoms with van der Waals surface area (Å²) in [5.74, 6) is -3.91. The Morgan fingerprint density at radius 3 is 2.57 bits per heavy atom. The van der Waals surface area contributed by atoms with Gasteiger partial charge in [0.25, 0.3) is 0 Å². The summed E-state index contributed by atoms with van der Waals surface area (Å²) in [6.45, 7) is 0. The number of benzene rings is 2. The molecule has 3 aliphatic rings. The molecule has 3 aliphatic heterocycles. The maximum Gasteiger partial charge on any atom is 0.329 e. The number of imide groups is 1. The Morgan fingerprint density at radius 1 is 1.10 bits per heavy atom. The van der Waals surface area contributed by atoms with Gasteiger partial charge >= 0.3 is 5.97 Å². The normalized spacial score (nSPS) is 26.5. The van der Waals surface area contributed by atoms with E-state index < -0.39 is 47.5 Å². The molecule has 0 aliphatic carbocycles. The minimum absolute atomic E-state index is 0.181. The highest BCUT2D eigenvalue weighted by Crippen LogP contribution is 2.53. The summed E-state index contributed by atoms with van der Waals surface area (Å²) < 4.78 is 18.6. The van der Waals surface area contributed by atoms with Crippen molar-refractivity contribution in [2.24, 2.45) is 11.8 Å². The SMILES string of the molecule is COC(=O)C1C2C(=O)N(c3ccc(F)c(Cl)c3)C(=O)C2C2c3ccccc3C=CN12. The third kappa shape index (κ3) is 2.45. The first-order valence-corrected chi connectivity index (χ1v) is 9.77. The van der Waals surface area contributed by atoms with E-state index in [9.17, 15) is 18.8 Å². The van der Waals surface area contributed by atoms with Gasteiger partial charge in [0.15, 0.2) is 0 Å². The lowest BCUT2D eigenvalue weighted by molar-refractivity contribution is -0.148. The predicted molar refractivity (Wildman–Crippen MR) is 107 cm³/mol. The molecule has 0 radical (unpaired) electrons. The van der Waals surface area contributed by atoms with Crippen LogP contribution in [0, 0.1) is 17.7 Å². The summed E-state index contributed by atoms with van der Waals surface area (Å²) in [7, 11) is 1.25. The molecular weight excluding hydrogens is 411 g/mol. The Bertz CT molecular complexity index is 1130. The van der Waals surface area contributed by atoms with E-state index in [0.29, 0.717) is 0 Å². The maximum atomic E-state index is 13.6. The van der Waals surface area contributed by atoms with Crippen LogP contribution in [0.25, 0.3) is 6.08 Å². The number of hydrogen-bond acceptors (Lipinski definition) is 5. The molecule has 2 amide bonds. The van der Waals surface area contributed by atoms with Crippen LogP contribution in [0.5, 0.6) is 0 Å². The Hall–Kier alpha value is -3.19. The third-order valence-electron chi connectivity index (χ3n) is 6.07. The van der Waals surface area contributed by atoms with E-state index in [1.54, 1.807) is 11.1 Å². The minimum atomic E-state index is -0.938. The second-order valence-corrected chi connectivity index (χ2v) is 7.87. The number of carbonyl (C=O) groups excluding carboxylic acids is 3. The summed E-state index contributed by atoms with van der Waals surface area (Å²) in [6.07, 6.45) is 3.60. The van der Waals surface area contributed by atoms with E-state index in [0.717, 1.165) is 22.1 Å². The fraction of sp³-hybridized carbons (Fsp3) is 0.227. The third-order valence-corrected chi connectivity index (χ3v) is 6.36. The summed E-state index contributed by atoms with van der Waals surface area (Å²) in [5, 5.41) is -0.192. The van der Waals surface area contributed by atoms with E-state index in [4.69, 9.17) is 16.3 Å². The molecule has 30 heavy (non-hydrogen) atoms. The zero-order chi connectivity index (χ0) is 21.2. The standard InChI is InChI=1S/C22H16ClFN2O4/c1-30-22(29)19-17-16(18-13-5-3-2-4-11(13)8-9-25(18)19)20(27)26(21(17)28)12-6-7-15(24)14(23)10-12/h2-10,16-19H,1H3. The molecule has 0 spiro atoms. The molecule has 4 unspecified atom stereocenters. The van der Waals surface area contributed by atoms with E-state index in [-0.39, 0.29) is 10.7 Å². The lowest BCUT2D eigenvalue weighted by atomic mass is 9.84. The lowest BCUT2D eigenvalue weighted by Crippen LogP contribution is -2.44. The van der Waals surface area contributed by atoms with Crippen LogP contribution in [0.3, 0.4) is 0 Å². The van der Waals surface area contributed by atoms with Crippen LogP contribution in [0.1, 0.15) is 17.2 Å². The molecule has 2 aromatic rings. The smallest absolute Gasteiger partial charge is 0.329 e. The molecule has 0 saturated carbocycles. The molecule has 0 aromatic heterocycles. The van der Waals surface area contributed by atoms with E-state index in [2.05, 4.69) is 0 Å². The monoisotopic (exact) mass is 426 g/mol. The highest BCUT2D eigenvalue weighted by Gasteiger charge is 2.65. The van der Waals surface area contributed by atoms with E-state index >= 15 is 0 Å². The number of fused-ring (bicyclic) bond motifs is 5. The molecular formula is C22H16ClFN2O4. The second-order valence-electron chi connectivity index (χ2n) is 7.47. The van der Waals surface area contributed by atoms with Crippen molar-refractivity contribution in [2.75, 3.05) is 12.0 Å². The molecule has 0 bridgehead atoms. The molecule has 2 saturated heterocycles. The molecule has 4 atom stereocenters. The van der Waals surface area contributed by atoms with Gasteiger partial charge < -0.3 is 9.64 Å². The Kier molecular flexibility index (Phi) is 4.18. The Labute approximate surface area is 176 Å². The average molecular weight is 427 g/mol. The van der Waals surface area contributed by atoms with Crippen LogP contribution in [0.15, 0.2) is 48.7 Å². The van der Waals surface area contributed by atoms with Gasteiger partial charge in [-0.1, -0.05) is 35.9 Å². The first-order valence-electron chi connectivity index (χ1n) is 9.39. The predicted octanol–water partition coefficient (Wildman–Crippen LogP) is 3.17. The number of halogens is 2. The minimum Gasteiger partial charge on any atom is -0.467 e. The summed E-state index contributed by atoms with van der Waals surface area (Å²) in [4.78, 5) is 42.3. The number of esters is 1. The number of rotatable bonds is 2. The van der Waals surface area contributed by atoms with Crippen molar-refractivity contribution < 1.29 is 23.5 Å². The van der Waals surface area contributed by atoms with Gasteiger partial charge in [0.1, 0.15) is 11.9 Å². The molecule has 2 aromatic carbocycles. The van der Waals surface area contributed by atoms with Crippen molar-refractivity contribution >= 4 is 41.1 Å². The van der Waals surface area contributed by atoms with Gasteiger partial charge in [-0.05, 0) is 35.4 Å². The van der Waals surface area contributed by atoms with Gasteiger partial charge in [0.2, 0.25) is 11.8 Å². The number of nitrogens with zero attached hydrogens (tertiary/aromatic N) is 2. The molecule has 2 fully saturated rings. The number of carbonyl (C=O) groups is 3. The molecule has 6 nitrogen and oxygen atoms in total. The maximum absolute atomic E-state index is 13.6. The first kappa shape index (κ1) is 18.8. The second kappa shape index (κ2) is 6.67. The van der Waals surface area contributed by atoms with Crippen LogP contribution in [-0.2, 0) is 19.1 Å².